The molecule has 0 aliphatic rings. The molecule has 7 heteroatoms. The van der Waals surface area contributed by atoms with Gasteiger partial charge in [-0.2, -0.15) is 0 Å². The summed E-state index contributed by atoms with van der Waals surface area (Å²) in [6.45, 7) is -0.310. The lowest BCUT2D eigenvalue weighted by Gasteiger charge is -1.95. The van der Waals surface area contributed by atoms with Crippen LogP contribution in [0.15, 0.2) is 5.11 Å². The average molecular weight is 177 g/mol. The van der Waals surface area contributed by atoms with Crippen molar-refractivity contribution in [2.75, 3.05) is 12.4 Å². The average Bonchev–Trinajstić information content (AvgIpc) is 2.01. The first kappa shape index (κ1) is 9.74. The maximum atomic E-state index is 10.4. The Bertz CT molecular complexity index is 210. The van der Waals surface area contributed by atoms with Crippen molar-refractivity contribution in [3.8, 4) is 0 Å². The number of hydrogen-bond acceptors (Lipinski definition) is 2. The molecule has 0 saturated heterocycles. The summed E-state index contributed by atoms with van der Waals surface area (Å²) in [4.78, 5) is 23.0. The highest BCUT2D eigenvalue weighted by atomic mass is 35.5. The molecule has 0 atom stereocenters. The minimum absolute atomic E-state index is 0.219. The molecule has 0 aliphatic heterocycles. The molecule has 0 saturated carbocycles. The first-order valence-electron chi connectivity index (χ1n) is 2.61. The predicted molar refractivity (Wildman–Crippen MR) is 37.9 cm³/mol. The third-order valence-electron chi connectivity index (χ3n) is 0.714. The van der Waals surface area contributed by atoms with E-state index in [9.17, 15) is 9.59 Å². The molecule has 60 valence electrons. The summed E-state index contributed by atoms with van der Waals surface area (Å²) in [7, 11) is 0. The molecular formula is C4H5ClN4O2. The van der Waals surface area contributed by atoms with Gasteiger partial charge in [-0.05, 0) is 10.6 Å². The van der Waals surface area contributed by atoms with E-state index in [0.29, 0.717) is 0 Å². The van der Waals surface area contributed by atoms with Gasteiger partial charge in [0.05, 0.1) is 6.54 Å². The number of halogens is 1. The quantitative estimate of drug-likeness (QED) is 0.287. The zero-order valence-corrected chi connectivity index (χ0v) is 6.21. The van der Waals surface area contributed by atoms with Crippen LogP contribution in [0.25, 0.3) is 10.4 Å². The zero-order chi connectivity index (χ0) is 8.69. The molecule has 1 N–H and O–H groups in total. The fourth-order valence-corrected chi connectivity index (χ4v) is 0.401. The van der Waals surface area contributed by atoms with E-state index in [0.717, 1.165) is 0 Å². The Balaban J connectivity index is 3.62. The van der Waals surface area contributed by atoms with Gasteiger partial charge in [0, 0.05) is 4.91 Å². The molecule has 0 aromatic rings. The van der Waals surface area contributed by atoms with Gasteiger partial charge in [-0.1, -0.05) is 0 Å². The van der Waals surface area contributed by atoms with Crippen LogP contribution in [0.4, 0.5) is 0 Å². The third-order valence-corrected chi connectivity index (χ3v) is 0.957. The van der Waals surface area contributed by atoms with Gasteiger partial charge < -0.3 is 5.32 Å². The highest BCUT2D eigenvalue weighted by Gasteiger charge is 2.00. The van der Waals surface area contributed by atoms with Gasteiger partial charge in [0.25, 0.3) is 0 Å². The molecule has 0 rings (SSSR count). The Morgan fingerprint density at radius 1 is 1.64 bits per heavy atom. The molecule has 11 heavy (non-hydrogen) atoms. The smallest absolute Gasteiger partial charge is 0.237 e. The predicted octanol–water partition coefficient (Wildman–Crippen LogP) is 0.178. The third kappa shape index (κ3) is 5.20. The van der Waals surface area contributed by atoms with Crippen LogP contribution in [0.3, 0.4) is 0 Å². The van der Waals surface area contributed by atoms with Crippen LogP contribution in [0, 0.1) is 0 Å². The van der Waals surface area contributed by atoms with E-state index in [2.05, 4.69) is 15.3 Å². The minimum atomic E-state index is -0.744. The molecular weight excluding hydrogens is 172 g/mol. The van der Waals surface area contributed by atoms with Crippen molar-refractivity contribution < 1.29 is 9.59 Å². The first-order chi connectivity index (χ1) is 5.20. The van der Waals surface area contributed by atoms with Gasteiger partial charge >= 0.3 is 0 Å². The van der Waals surface area contributed by atoms with E-state index >= 15 is 0 Å². The van der Waals surface area contributed by atoms with Gasteiger partial charge in [0.2, 0.25) is 11.8 Å². The Morgan fingerprint density at radius 3 is 2.73 bits per heavy atom. The van der Waals surface area contributed by atoms with Gasteiger partial charge in [-0.3, -0.25) is 9.59 Å². The van der Waals surface area contributed by atoms with Crippen LogP contribution >= 0.6 is 11.6 Å². The molecule has 2 amide bonds. The Morgan fingerprint density at radius 2 is 2.27 bits per heavy atom. The summed E-state index contributed by atoms with van der Waals surface area (Å²) < 4.78 is 0. The summed E-state index contributed by atoms with van der Waals surface area (Å²) in [5.74, 6) is -1.44. The number of azide groups is 1. The molecule has 0 aliphatic carbocycles. The van der Waals surface area contributed by atoms with Gasteiger partial charge in [0.15, 0.2) is 0 Å². The fraction of sp³-hybridized carbons (Fsp3) is 0.500. The topological polar surface area (TPSA) is 94.9 Å². The molecule has 0 radical (unpaired) electrons. The number of carbonyl (C=O) groups excluding carboxylic acids is 2. The van der Waals surface area contributed by atoms with Crippen molar-refractivity contribution in [1.82, 2.24) is 5.32 Å². The number of carbonyl (C=O) groups is 2. The highest BCUT2D eigenvalue weighted by molar-refractivity contribution is 6.27. The highest BCUT2D eigenvalue weighted by Crippen LogP contribution is 1.76. The minimum Gasteiger partial charge on any atom is -0.348 e. The monoisotopic (exact) mass is 176 g/mol. The standard InChI is InChI=1S/C4H5ClN4O2/c5-1-3(10)7-2-4(11)8-9-6/h1-2H2,(H,7,10). The molecule has 0 aromatic carbocycles. The van der Waals surface area contributed by atoms with Gasteiger partial charge in [-0.15, -0.1) is 11.6 Å². The second-order valence-electron chi connectivity index (χ2n) is 1.49. The van der Waals surface area contributed by atoms with Crippen LogP contribution in [0.2, 0.25) is 0 Å². The van der Waals surface area contributed by atoms with E-state index in [4.69, 9.17) is 17.1 Å². The lowest BCUT2D eigenvalue weighted by Crippen LogP contribution is -2.29. The number of hydrogen-bond donors (Lipinski definition) is 1. The molecule has 6 nitrogen and oxygen atoms in total. The Hall–Kier alpha value is -1.26. The van der Waals surface area contributed by atoms with E-state index in [1.54, 1.807) is 0 Å². The van der Waals surface area contributed by atoms with Gasteiger partial charge in [0.1, 0.15) is 5.88 Å². The molecule has 0 heterocycles. The van der Waals surface area contributed by atoms with Crippen molar-refractivity contribution in [2.24, 2.45) is 5.11 Å². The van der Waals surface area contributed by atoms with Crippen molar-refractivity contribution >= 4 is 23.4 Å². The van der Waals surface area contributed by atoms with Crippen LogP contribution in [0.5, 0.6) is 0 Å². The van der Waals surface area contributed by atoms with Crippen molar-refractivity contribution in [2.45, 2.75) is 0 Å². The maximum Gasteiger partial charge on any atom is 0.237 e. The molecule has 0 spiro atoms. The number of alkyl halides is 1. The van der Waals surface area contributed by atoms with Crippen molar-refractivity contribution in [3.63, 3.8) is 0 Å². The molecule has 0 bridgehead atoms. The summed E-state index contributed by atoms with van der Waals surface area (Å²) >= 11 is 5.09. The number of rotatable bonds is 3. The largest absolute Gasteiger partial charge is 0.348 e. The van der Waals surface area contributed by atoms with E-state index in [1.165, 1.54) is 0 Å². The van der Waals surface area contributed by atoms with E-state index < -0.39 is 11.8 Å². The van der Waals surface area contributed by atoms with Crippen molar-refractivity contribution in [1.29, 1.82) is 0 Å². The molecule has 0 unspecified atom stereocenters. The zero-order valence-electron chi connectivity index (χ0n) is 5.45. The van der Waals surface area contributed by atoms with E-state index in [-0.39, 0.29) is 12.4 Å². The number of nitrogens with zero attached hydrogens (tertiary/aromatic N) is 3. The first-order valence-corrected chi connectivity index (χ1v) is 3.14. The van der Waals surface area contributed by atoms with Crippen LogP contribution in [-0.2, 0) is 9.59 Å². The SMILES string of the molecule is [N-]=[N+]=NC(=O)CNC(=O)CCl. The summed E-state index contributed by atoms with van der Waals surface area (Å²) in [5, 5.41) is 4.85. The van der Waals surface area contributed by atoms with Crippen LogP contribution < -0.4 is 5.32 Å². The maximum absolute atomic E-state index is 10.4. The van der Waals surface area contributed by atoms with Gasteiger partial charge in [-0.25, -0.2) is 0 Å². The summed E-state index contributed by atoms with van der Waals surface area (Å²) in [5.41, 5.74) is 7.76. The van der Waals surface area contributed by atoms with E-state index in [1.807, 2.05) is 0 Å². The number of nitrogens with one attached hydrogen (secondary N) is 1. The Kier molecular flexibility index (Phi) is 4.89. The Labute approximate surface area is 67.1 Å². The fourth-order valence-electron chi connectivity index (χ4n) is 0.307. The second kappa shape index (κ2) is 5.52. The molecule has 0 fully saturated rings. The van der Waals surface area contributed by atoms with Crippen LogP contribution in [0.1, 0.15) is 0 Å². The van der Waals surface area contributed by atoms with Crippen molar-refractivity contribution in [3.05, 3.63) is 10.4 Å². The normalized spacial score (nSPS) is 8.09. The number of amides is 2. The lowest BCUT2D eigenvalue weighted by molar-refractivity contribution is -0.123. The summed E-state index contributed by atoms with van der Waals surface area (Å²) in [6.07, 6.45) is 0. The van der Waals surface area contributed by atoms with Crippen LogP contribution in [-0.4, -0.2) is 24.2 Å². The summed E-state index contributed by atoms with van der Waals surface area (Å²) in [6, 6.07) is 0. The molecule has 0 aromatic heterocycles. The second-order valence-corrected chi connectivity index (χ2v) is 1.76. The lowest BCUT2D eigenvalue weighted by atomic mass is 10.6.